The first-order valence-corrected chi connectivity index (χ1v) is 5.62. The number of rotatable bonds is 3. The molecule has 0 spiro atoms. The van der Waals surface area contributed by atoms with Crippen molar-refractivity contribution < 1.29 is 0 Å². The largest absolute Gasteiger partial charge is 0.362 e. The first kappa shape index (κ1) is 11.7. The second kappa shape index (κ2) is 4.94. The number of anilines is 1. The predicted molar refractivity (Wildman–Crippen MR) is 63.5 cm³/mol. The van der Waals surface area contributed by atoms with Crippen molar-refractivity contribution in [2.45, 2.75) is 18.2 Å². The van der Waals surface area contributed by atoms with Crippen molar-refractivity contribution >= 4 is 33.3 Å². The van der Waals surface area contributed by atoms with Gasteiger partial charge in [0.1, 0.15) is 17.3 Å². The Morgan fingerprint density at radius 2 is 2.14 bits per heavy atom. The maximum absolute atomic E-state index is 6.02. The van der Waals surface area contributed by atoms with Crippen LogP contribution in [0.3, 0.4) is 0 Å². The van der Waals surface area contributed by atoms with Crippen LogP contribution in [0.15, 0.2) is 6.33 Å². The maximum Gasteiger partial charge on any atom is 0.137 e. The lowest BCUT2D eigenvalue weighted by atomic mass is 10.2. The summed E-state index contributed by atoms with van der Waals surface area (Å²) in [6.07, 6.45) is 2.31. The number of nitrogens with zero attached hydrogens (tertiary/aromatic N) is 3. The van der Waals surface area contributed by atoms with Crippen LogP contribution in [0, 0.1) is 0 Å². The lowest BCUT2D eigenvalue weighted by Gasteiger charge is -2.16. The Morgan fingerprint density at radius 3 is 2.64 bits per heavy atom. The summed E-state index contributed by atoms with van der Waals surface area (Å²) in [5, 5.41) is 0.537. The van der Waals surface area contributed by atoms with E-state index in [0.29, 0.717) is 9.98 Å². The van der Waals surface area contributed by atoms with Gasteiger partial charge in [-0.1, -0.05) is 34.5 Å². The average molecular weight is 279 g/mol. The summed E-state index contributed by atoms with van der Waals surface area (Å²) >= 11 is 9.51. The molecule has 0 aliphatic carbocycles. The Labute approximate surface area is 97.6 Å². The minimum atomic E-state index is 0.365. The van der Waals surface area contributed by atoms with Gasteiger partial charge in [0.05, 0.1) is 0 Å². The summed E-state index contributed by atoms with van der Waals surface area (Å²) in [5.41, 5.74) is 0.989. The maximum atomic E-state index is 6.02. The van der Waals surface area contributed by atoms with E-state index >= 15 is 0 Å². The van der Waals surface area contributed by atoms with E-state index in [2.05, 4.69) is 32.8 Å². The fourth-order valence-electron chi connectivity index (χ4n) is 1.22. The van der Waals surface area contributed by atoms with Gasteiger partial charge in [0, 0.05) is 24.5 Å². The smallest absolute Gasteiger partial charge is 0.137 e. The Kier molecular flexibility index (Phi) is 4.13. The molecular formula is C9H13BrClN3. The van der Waals surface area contributed by atoms with Gasteiger partial charge in [-0.15, -0.1) is 0 Å². The summed E-state index contributed by atoms with van der Waals surface area (Å²) in [4.78, 5) is 10.5. The predicted octanol–water partition coefficient (Wildman–Crippen LogP) is 2.52. The van der Waals surface area contributed by atoms with E-state index in [4.69, 9.17) is 11.6 Å². The molecule has 1 heterocycles. The standard InChI is InChI=1S/C9H13BrClN3/c1-6(10)4-7-8(11)12-5-13-9(7)14(2)3/h5-6H,4H2,1-3H3. The van der Waals surface area contributed by atoms with Crippen LogP contribution in [-0.4, -0.2) is 28.9 Å². The molecule has 78 valence electrons. The molecule has 0 aromatic carbocycles. The molecule has 0 saturated carbocycles. The van der Waals surface area contributed by atoms with E-state index in [1.807, 2.05) is 19.0 Å². The summed E-state index contributed by atoms with van der Waals surface area (Å²) in [6.45, 7) is 2.07. The van der Waals surface area contributed by atoms with Crippen LogP contribution < -0.4 is 4.90 Å². The Bertz CT molecular complexity index is 315. The van der Waals surface area contributed by atoms with Crippen molar-refractivity contribution in [3.63, 3.8) is 0 Å². The van der Waals surface area contributed by atoms with Gasteiger partial charge < -0.3 is 4.90 Å². The van der Waals surface area contributed by atoms with Crippen molar-refractivity contribution in [1.29, 1.82) is 0 Å². The second-order valence-electron chi connectivity index (χ2n) is 3.35. The Morgan fingerprint density at radius 1 is 1.50 bits per heavy atom. The van der Waals surface area contributed by atoms with Crippen LogP contribution in [0.25, 0.3) is 0 Å². The van der Waals surface area contributed by atoms with Crippen molar-refractivity contribution in [3.05, 3.63) is 17.0 Å². The second-order valence-corrected chi connectivity index (χ2v) is 5.27. The fraction of sp³-hybridized carbons (Fsp3) is 0.556. The molecule has 1 unspecified atom stereocenters. The summed E-state index contributed by atoms with van der Waals surface area (Å²) in [7, 11) is 3.89. The lowest BCUT2D eigenvalue weighted by Crippen LogP contribution is -2.15. The van der Waals surface area contributed by atoms with Gasteiger partial charge in [0.15, 0.2) is 0 Å². The quantitative estimate of drug-likeness (QED) is 0.628. The zero-order chi connectivity index (χ0) is 10.7. The topological polar surface area (TPSA) is 29.0 Å². The minimum Gasteiger partial charge on any atom is -0.362 e. The molecular weight excluding hydrogens is 265 g/mol. The highest BCUT2D eigenvalue weighted by Crippen LogP contribution is 2.24. The third kappa shape index (κ3) is 2.82. The van der Waals surface area contributed by atoms with Gasteiger partial charge in [0.2, 0.25) is 0 Å². The highest BCUT2D eigenvalue weighted by Gasteiger charge is 2.13. The number of hydrogen-bond acceptors (Lipinski definition) is 3. The molecule has 0 saturated heterocycles. The fourth-order valence-corrected chi connectivity index (χ4v) is 1.75. The lowest BCUT2D eigenvalue weighted by molar-refractivity contribution is 0.910. The zero-order valence-electron chi connectivity index (χ0n) is 8.46. The number of hydrogen-bond donors (Lipinski definition) is 0. The van der Waals surface area contributed by atoms with E-state index in [-0.39, 0.29) is 0 Å². The van der Waals surface area contributed by atoms with Crippen molar-refractivity contribution in [2.24, 2.45) is 0 Å². The Hall–Kier alpha value is -0.350. The summed E-state index contributed by atoms with van der Waals surface area (Å²) in [6, 6.07) is 0. The van der Waals surface area contributed by atoms with Gasteiger partial charge in [0.25, 0.3) is 0 Å². The third-order valence-electron chi connectivity index (χ3n) is 1.78. The molecule has 1 aromatic rings. The SMILES string of the molecule is CC(Br)Cc1c(Cl)ncnc1N(C)C. The van der Waals surface area contributed by atoms with Crippen LogP contribution in [0.4, 0.5) is 5.82 Å². The van der Waals surface area contributed by atoms with Gasteiger partial charge in [-0.25, -0.2) is 9.97 Å². The molecule has 1 aromatic heterocycles. The highest BCUT2D eigenvalue weighted by molar-refractivity contribution is 9.09. The molecule has 14 heavy (non-hydrogen) atoms. The number of aromatic nitrogens is 2. The van der Waals surface area contributed by atoms with Crippen molar-refractivity contribution in [3.8, 4) is 0 Å². The molecule has 0 N–H and O–H groups in total. The zero-order valence-corrected chi connectivity index (χ0v) is 10.8. The van der Waals surface area contributed by atoms with Crippen LogP contribution in [0.1, 0.15) is 12.5 Å². The molecule has 1 atom stereocenters. The van der Waals surface area contributed by atoms with E-state index in [1.165, 1.54) is 6.33 Å². The molecule has 0 bridgehead atoms. The molecule has 0 aliphatic rings. The van der Waals surface area contributed by atoms with Crippen LogP contribution >= 0.6 is 27.5 Å². The van der Waals surface area contributed by atoms with Crippen LogP contribution in [0.5, 0.6) is 0 Å². The number of alkyl halides is 1. The molecule has 0 radical (unpaired) electrons. The van der Waals surface area contributed by atoms with Gasteiger partial charge in [-0.3, -0.25) is 0 Å². The van der Waals surface area contributed by atoms with Crippen LogP contribution in [-0.2, 0) is 6.42 Å². The van der Waals surface area contributed by atoms with Gasteiger partial charge >= 0.3 is 0 Å². The van der Waals surface area contributed by atoms with Gasteiger partial charge in [-0.2, -0.15) is 0 Å². The molecule has 0 amide bonds. The first-order valence-electron chi connectivity index (χ1n) is 4.33. The third-order valence-corrected chi connectivity index (χ3v) is 2.43. The summed E-state index contributed by atoms with van der Waals surface area (Å²) < 4.78 is 0. The minimum absolute atomic E-state index is 0.365. The number of halogens is 2. The van der Waals surface area contributed by atoms with Crippen LogP contribution in [0.2, 0.25) is 5.15 Å². The molecule has 5 heteroatoms. The van der Waals surface area contributed by atoms with E-state index in [1.54, 1.807) is 0 Å². The highest BCUT2D eigenvalue weighted by atomic mass is 79.9. The monoisotopic (exact) mass is 277 g/mol. The molecule has 0 aliphatic heterocycles. The normalized spacial score (nSPS) is 12.6. The summed E-state index contributed by atoms with van der Waals surface area (Å²) in [5.74, 6) is 0.885. The molecule has 0 fully saturated rings. The first-order chi connectivity index (χ1) is 6.52. The Balaban J connectivity index is 3.09. The van der Waals surface area contributed by atoms with Gasteiger partial charge in [-0.05, 0) is 6.42 Å². The molecule has 3 nitrogen and oxygen atoms in total. The average Bonchev–Trinajstić information content (AvgIpc) is 2.07. The van der Waals surface area contributed by atoms with E-state index in [9.17, 15) is 0 Å². The van der Waals surface area contributed by atoms with Crippen molar-refractivity contribution in [2.75, 3.05) is 19.0 Å². The van der Waals surface area contributed by atoms with Crippen molar-refractivity contribution in [1.82, 2.24) is 9.97 Å². The van der Waals surface area contributed by atoms with E-state index in [0.717, 1.165) is 17.8 Å². The van der Waals surface area contributed by atoms with E-state index < -0.39 is 0 Å². The molecule has 1 rings (SSSR count).